The summed E-state index contributed by atoms with van der Waals surface area (Å²) in [5.41, 5.74) is -0.138. The molecule has 22 heavy (non-hydrogen) atoms. The first kappa shape index (κ1) is 15.5. The third-order valence-corrected chi connectivity index (χ3v) is 3.28. The lowest BCUT2D eigenvalue weighted by molar-refractivity contribution is -0.384. The van der Waals surface area contributed by atoms with E-state index in [1.165, 1.54) is 18.2 Å². The van der Waals surface area contributed by atoms with Gasteiger partial charge in [0.2, 0.25) is 0 Å². The number of aryl methyl sites for hydroxylation is 1. The number of nitriles is 1. The molecule has 114 valence electrons. The van der Waals surface area contributed by atoms with Crippen LogP contribution in [0.2, 0.25) is 0 Å². The molecule has 0 unspecified atom stereocenters. The Hall–Kier alpha value is -2.92. The molecule has 1 aromatic heterocycles. The summed E-state index contributed by atoms with van der Waals surface area (Å²) in [6.07, 6.45) is 3.26. The molecule has 0 amide bonds. The van der Waals surface area contributed by atoms with Crippen molar-refractivity contribution in [1.29, 1.82) is 5.26 Å². The molecule has 2 aromatic rings. The smallest absolute Gasteiger partial charge is 0.270 e. The Bertz CT molecular complexity index is 745. The van der Waals surface area contributed by atoms with Gasteiger partial charge in [0.05, 0.1) is 22.4 Å². The largest absolute Gasteiger partial charge is 0.383 e. The van der Waals surface area contributed by atoms with E-state index in [1.54, 1.807) is 31.0 Å². The number of nitro benzene ring substituents is 1. The molecule has 1 heterocycles. The number of nitrogens with zero attached hydrogens (tertiary/aromatic N) is 4. The van der Waals surface area contributed by atoms with E-state index < -0.39 is 10.5 Å². The molecule has 2 rings (SSSR count). The van der Waals surface area contributed by atoms with E-state index in [9.17, 15) is 15.2 Å². The molecule has 8 nitrogen and oxygen atoms in total. The van der Waals surface area contributed by atoms with Gasteiger partial charge in [0, 0.05) is 37.5 Å². The lowest BCUT2D eigenvalue weighted by atomic mass is 9.99. The van der Waals surface area contributed by atoms with Gasteiger partial charge in [-0.25, -0.2) is 0 Å². The third-order valence-electron chi connectivity index (χ3n) is 3.28. The number of benzene rings is 1. The Kier molecular flexibility index (Phi) is 4.10. The molecule has 0 bridgehead atoms. The molecule has 0 radical (unpaired) electrons. The Morgan fingerprint density at radius 1 is 1.59 bits per heavy atom. The molecule has 8 heteroatoms. The molecule has 0 spiro atoms. The number of anilines is 1. The maximum atomic E-state index is 10.7. The van der Waals surface area contributed by atoms with Gasteiger partial charge in [-0.15, -0.1) is 0 Å². The maximum absolute atomic E-state index is 10.7. The predicted molar refractivity (Wildman–Crippen MR) is 79.1 cm³/mol. The summed E-state index contributed by atoms with van der Waals surface area (Å²) >= 11 is 0. The van der Waals surface area contributed by atoms with E-state index in [0.29, 0.717) is 11.3 Å². The van der Waals surface area contributed by atoms with Gasteiger partial charge in [-0.05, 0) is 13.0 Å². The van der Waals surface area contributed by atoms with E-state index in [2.05, 4.69) is 10.4 Å². The molecule has 0 saturated carbocycles. The summed E-state index contributed by atoms with van der Waals surface area (Å²) in [5.74, 6) is 0. The number of hydrogen-bond donors (Lipinski definition) is 2. The van der Waals surface area contributed by atoms with E-state index in [-0.39, 0.29) is 17.8 Å². The summed E-state index contributed by atoms with van der Waals surface area (Å²) in [6, 6.07) is 5.86. The van der Waals surface area contributed by atoms with Crippen LogP contribution in [0.1, 0.15) is 18.1 Å². The first-order chi connectivity index (χ1) is 10.3. The van der Waals surface area contributed by atoms with Gasteiger partial charge in [-0.3, -0.25) is 14.8 Å². The summed E-state index contributed by atoms with van der Waals surface area (Å²) in [6.45, 7) is 1.75. The number of nitrogens with one attached hydrogen (secondary N) is 1. The molecule has 1 aromatic carbocycles. The number of rotatable bonds is 5. The highest BCUT2D eigenvalue weighted by Gasteiger charge is 2.25. The standard InChI is InChI=1S/C14H15N5O3/c1-14(20,11-7-17-18(2)8-11)9-16-13-4-3-12(19(21)22)5-10(13)6-15/h3-5,7-8,16,20H,9H2,1-2H3/t14-/m1/s1. The molecule has 0 aliphatic heterocycles. The molecule has 0 saturated heterocycles. The lowest BCUT2D eigenvalue weighted by Gasteiger charge is -2.23. The molecular formula is C14H15N5O3. The normalized spacial score (nSPS) is 13.2. The average Bonchev–Trinajstić information content (AvgIpc) is 2.92. The molecule has 0 aliphatic carbocycles. The summed E-state index contributed by atoms with van der Waals surface area (Å²) < 4.78 is 1.58. The molecule has 0 fully saturated rings. The third kappa shape index (κ3) is 3.21. The number of nitro groups is 1. The van der Waals surface area contributed by atoms with E-state index in [1.807, 2.05) is 6.07 Å². The minimum Gasteiger partial charge on any atom is -0.383 e. The average molecular weight is 301 g/mol. The summed E-state index contributed by atoms with van der Waals surface area (Å²) in [7, 11) is 1.75. The van der Waals surface area contributed by atoms with Crippen molar-refractivity contribution in [1.82, 2.24) is 9.78 Å². The van der Waals surface area contributed by atoms with Crippen LogP contribution in [-0.4, -0.2) is 26.4 Å². The number of aromatic nitrogens is 2. The SMILES string of the molecule is Cn1cc([C@](C)(O)CNc2ccc([N+](=O)[O-])cc2C#N)cn1. The van der Waals surface area contributed by atoms with Crippen molar-refractivity contribution in [2.75, 3.05) is 11.9 Å². The Balaban J connectivity index is 2.18. The minimum atomic E-state index is -1.19. The highest BCUT2D eigenvalue weighted by atomic mass is 16.6. The van der Waals surface area contributed by atoms with Crippen LogP contribution in [0, 0.1) is 21.4 Å². The van der Waals surface area contributed by atoms with Crippen LogP contribution in [0.15, 0.2) is 30.6 Å². The molecular weight excluding hydrogens is 286 g/mol. The van der Waals surface area contributed by atoms with Gasteiger partial charge in [0.25, 0.3) is 5.69 Å². The predicted octanol–water partition coefficient (Wildman–Crippen LogP) is 1.52. The second-order valence-corrected chi connectivity index (χ2v) is 5.13. The number of non-ortho nitro benzene ring substituents is 1. The van der Waals surface area contributed by atoms with Crippen molar-refractivity contribution < 1.29 is 10.0 Å². The van der Waals surface area contributed by atoms with Gasteiger partial charge in [0.1, 0.15) is 11.7 Å². The van der Waals surface area contributed by atoms with E-state index in [4.69, 9.17) is 5.26 Å². The van der Waals surface area contributed by atoms with Crippen LogP contribution < -0.4 is 5.32 Å². The van der Waals surface area contributed by atoms with Crippen molar-refractivity contribution in [3.8, 4) is 6.07 Å². The number of aliphatic hydroxyl groups is 1. The van der Waals surface area contributed by atoms with Crippen LogP contribution in [0.3, 0.4) is 0 Å². The van der Waals surface area contributed by atoms with Gasteiger partial charge >= 0.3 is 0 Å². The van der Waals surface area contributed by atoms with E-state index >= 15 is 0 Å². The summed E-state index contributed by atoms with van der Waals surface area (Å²) in [4.78, 5) is 10.2. The highest BCUT2D eigenvalue weighted by molar-refractivity contribution is 5.61. The van der Waals surface area contributed by atoms with Crippen molar-refractivity contribution in [3.05, 3.63) is 51.8 Å². The van der Waals surface area contributed by atoms with Gasteiger partial charge in [-0.1, -0.05) is 0 Å². The number of hydrogen-bond acceptors (Lipinski definition) is 6. The lowest BCUT2D eigenvalue weighted by Crippen LogP contribution is -2.30. The zero-order valence-corrected chi connectivity index (χ0v) is 12.1. The van der Waals surface area contributed by atoms with Crippen molar-refractivity contribution >= 4 is 11.4 Å². The van der Waals surface area contributed by atoms with Crippen molar-refractivity contribution in [3.63, 3.8) is 0 Å². The molecule has 1 atom stereocenters. The van der Waals surface area contributed by atoms with Crippen molar-refractivity contribution in [2.24, 2.45) is 7.05 Å². The van der Waals surface area contributed by atoms with Crippen LogP contribution in [0.5, 0.6) is 0 Å². The Morgan fingerprint density at radius 2 is 2.32 bits per heavy atom. The fourth-order valence-electron chi connectivity index (χ4n) is 1.96. The van der Waals surface area contributed by atoms with Crippen LogP contribution in [0.25, 0.3) is 0 Å². The maximum Gasteiger partial charge on any atom is 0.270 e. The van der Waals surface area contributed by atoms with Crippen LogP contribution in [0.4, 0.5) is 11.4 Å². The first-order valence-electron chi connectivity index (χ1n) is 6.47. The molecule has 0 aliphatic rings. The topological polar surface area (TPSA) is 117 Å². The Labute approximate surface area is 126 Å². The second kappa shape index (κ2) is 5.83. The Morgan fingerprint density at radius 3 is 2.86 bits per heavy atom. The van der Waals surface area contributed by atoms with Crippen LogP contribution >= 0.6 is 0 Å². The zero-order valence-electron chi connectivity index (χ0n) is 12.1. The minimum absolute atomic E-state index is 0.130. The monoisotopic (exact) mass is 301 g/mol. The fraction of sp³-hybridized carbons (Fsp3) is 0.286. The van der Waals surface area contributed by atoms with Crippen molar-refractivity contribution in [2.45, 2.75) is 12.5 Å². The first-order valence-corrected chi connectivity index (χ1v) is 6.47. The van der Waals surface area contributed by atoms with E-state index in [0.717, 1.165) is 0 Å². The van der Waals surface area contributed by atoms with Gasteiger partial charge in [-0.2, -0.15) is 10.4 Å². The summed E-state index contributed by atoms with van der Waals surface area (Å²) in [5, 5.41) is 37.2. The van der Waals surface area contributed by atoms with Gasteiger partial charge in [0.15, 0.2) is 0 Å². The second-order valence-electron chi connectivity index (χ2n) is 5.13. The quantitative estimate of drug-likeness (QED) is 0.638. The molecule has 2 N–H and O–H groups in total. The zero-order chi connectivity index (χ0) is 16.3. The highest BCUT2D eigenvalue weighted by Crippen LogP contribution is 2.24. The van der Waals surface area contributed by atoms with Crippen LogP contribution in [-0.2, 0) is 12.6 Å². The van der Waals surface area contributed by atoms with Gasteiger partial charge < -0.3 is 10.4 Å². The fourth-order valence-corrected chi connectivity index (χ4v) is 1.96.